The van der Waals surface area contributed by atoms with Gasteiger partial charge < -0.3 is 30.1 Å². The lowest BCUT2D eigenvalue weighted by Crippen LogP contribution is -2.43. The molecule has 3 aromatic rings. The lowest BCUT2D eigenvalue weighted by atomic mass is 10.0. The van der Waals surface area contributed by atoms with E-state index in [9.17, 15) is 23.1 Å². The van der Waals surface area contributed by atoms with Crippen LogP contribution in [-0.4, -0.2) is 59.2 Å². The second-order valence-corrected chi connectivity index (χ2v) is 9.49. The van der Waals surface area contributed by atoms with Gasteiger partial charge in [0.1, 0.15) is 17.1 Å². The van der Waals surface area contributed by atoms with Crippen LogP contribution in [0.15, 0.2) is 61.0 Å². The molecule has 1 fully saturated rings. The van der Waals surface area contributed by atoms with Crippen molar-refractivity contribution in [3.05, 3.63) is 77.7 Å². The van der Waals surface area contributed by atoms with Crippen LogP contribution in [0.5, 0.6) is 17.4 Å². The summed E-state index contributed by atoms with van der Waals surface area (Å²) >= 11 is 0. The number of aliphatic hydroxyl groups excluding tert-OH is 1. The number of carbonyl (C=O) groups excluding carboxylic acids is 1. The Labute approximate surface area is 229 Å². The number of likely N-dealkylation sites (tertiary alicyclic amines) is 1. The fourth-order valence-corrected chi connectivity index (χ4v) is 4.20. The number of aliphatic hydroxyl groups is 1. The molecule has 2 aromatic carbocycles. The number of nitrogens with zero attached hydrogens (tertiary/aromatic N) is 3. The Kier molecular flexibility index (Phi) is 8.78. The Morgan fingerprint density at radius 3 is 2.50 bits per heavy atom. The van der Waals surface area contributed by atoms with Crippen LogP contribution in [0.2, 0.25) is 0 Å². The molecule has 12 heteroatoms. The Morgan fingerprint density at radius 1 is 1.18 bits per heavy atom. The number of ether oxygens (including phenoxy) is 2. The van der Waals surface area contributed by atoms with E-state index in [1.54, 1.807) is 24.3 Å². The second-order valence-electron chi connectivity index (χ2n) is 9.49. The van der Waals surface area contributed by atoms with Crippen molar-refractivity contribution in [2.24, 2.45) is 0 Å². The summed E-state index contributed by atoms with van der Waals surface area (Å²) in [5.41, 5.74) is 0.278. The van der Waals surface area contributed by atoms with E-state index in [0.717, 1.165) is 25.9 Å². The molecule has 1 aliphatic heterocycles. The summed E-state index contributed by atoms with van der Waals surface area (Å²) in [5, 5.41) is 15.2. The molecular weight excluding hydrogens is 527 g/mol. The van der Waals surface area contributed by atoms with Gasteiger partial charge in [-0.3, -0.25) is 4.79 Å². The molecule has 0 bridgehead atoms. The number of anilines is 2. The minimum Gasteiger partial charge on any atom is -0.513 e. The molecule has 0 spiro atoms. The largest absolute Gasteiger partial charge is 0.513 e. The summed E-state index contributed by atoms with van der Waals surface area (Å²) in [5.74, 6) is -0.755. The molecule has 212 valence electrons. The molecule has 4 rings (SSSR count). The number of hydrogen-bond donors (Lipinski definition) is 3. The number of aromatic nitrogens is 2. The average Bonchev–Trinajstić information content (AvgIpc) is 2.90. The van der Waals surface area contributed by atoms with E-state index in [1.165, 1.54) is 25.3 Å². The molecule has 1 amide bonds. The molecule has 0 saturated carbocycles. The van der Waals surface area contributed by atoms with Crippen LogP contribution in [0, 0.1) is 0 Å². The lowest BCUT2D eigenvalue weighted by Gasteiger charge is -2.29. The molecule has 9 nitrogen and oxygen atoms in total. The van der Waals surface area contributed by atoms with E-state index in [4.69, 9.17) is 9.47 Å². The Bertz CT molecular complexity index is 1360. The first kappa shape index (κ1) is 28.7. The molecule has 2 heterocycles. The molecule has 0 unspecified atom stereocenters. The molecule has 3 N–H and O–H groups in total. The maximum atomic E-state index is 13.7. The number of benzene rings is 2. The number of amides is 1. The van der Waals surface area contributed by atoms with E-state index in [1.807, 2.05) is 7.05 Å². The maximum Gasteiger partial charge on any atom is 0.423 e. The van der Waals surface area contributed by atoms with Crippen molar-refractivity contribution in [3.63, 3.8) is 0 Å². The third-order valence-corrected chi connectivity index (χ3v) is 6.37. The van der Waals surface area contributed by atoms with Crippen molar-refractivity contribution in [2.75, 3.05) is 32.6 Å². The van der Waals surface area contributed by atoms with E-state index >= 15 is 0 Å². The van der Waals surface area contributed by atoms with Gasteiger partial charge in [0.05, 0.1) is 18.6 Å². The predicted molar refractivity (Wildman–Crippen MR) is 143 cm³/mol. The third-order valence-electron chi connectivity index (χ3n) is 6.37. The van der Waals surface area contributed by atoms with Crippen LogP contribution in [0.3, 0.4) is 0 Å². The first-order chi connectivity index (χ1) is 19.0. The topological polar surface area (TPSA) is 109 Å². The zero-order valence-electron chi connectivity index (χ0n) is 22.1. The number of alkyl halides is 3. The van der Waals surface area contributed by atoms with Gasteiger partial charge >= 0.3 is 6.18 Å². The predicted octanol–water partition coefficient (Wildman–Crippen LogP) is 5.48. The summed E-state index contributed by atoms with van der Waals surface area (Å²) in [6, 6.07) is 10.9. The van der Waals surface area contributed by atoms with Gasteiger partial charge in [-0.15, -0.1) is 0 Å². The third kappa shape index (κ3) is 7.41. The fourth-order valence-electron chi connectivity index (χ4n) is 4.20. The van der Waals surface area contributed by atoms with Crippen LogP contribution >= 0.6 is 0 Å². The van der Waals surface area contributed by atoms with Crippen LogP contribution in [0.4, 0.5) is 24.8 Å². The zero-order valence-corrected chi connectivity index (χ0v) is 22.1. The summed E-state index contributed by atoms with van der Waals surface area (Å²) in [4.78, 5) is 22.8. The van der Waals surface area contributed by atoms with Gasteiger partial charge in [-0.2, -0.15) is 18.2 Å². The van der Waals surface area contributed by atoms with Gasteiger partial charge in [-0.1, -0.05) is 18.7 Å². The van der Waals surface area contributed by atoms with E-state index in [2.05, 4.69) is 32.1 Å². The van der Waals surface area contributed by atoms with Crippen molar-refractivity contribution in [1.29, 1.82) is 0 Å². The van der Waals surface area contributed by atoms with Crippen molar-refractivity contribution in [1.82, 2.24) is 20.2 Å². The summed E-state index contributed by atoms with van der Waals surface area (Å²) < 4.78 is 51.9. The minimum absolute atomic E-state index is 0.0408. The van der Waals surface area contributed by atoms with Gasteiger partial charge in [-0.25, -0.2) is 4.98 Å². The number of carbonyl (C=O) groups is 1. The fraction of sp³-hybridized carbons (Fsp3) is 0.321. The van der Waals surface area contributed by atoms with Crippen LogP contribution in [0.25, 0.3) is 0 Å². The number of methoxy groups -OCH3 is 1. The van der Waals surface area contributed by atoms with Gasteiger partial charge in [0.25, 0.3) is 5.91 Å². The molecule has 0 atom stereocenters. The van der Waals surface area contributed by atoms with E-state index in [0.29, 0.717) is 23.0 Å². The Hall–Kier alpha value is -4.32. The second kappa shape index (κ2) is 12.2. The number of halogens is 3. The van der Waals surface area contributed by atoms with Gasteiger partial charge in [0.15, 0.2) is 0 Å². The Morgan fingerprint density at radius 2 is 1.88 bits per heavy atom. The monoisotopic (exact) mass is 557 g/mol. The average molecular weight is 558 g/mol. The highest BCUT2D eigenvalue weighted by Gasteiger charge is 2.36. The van der Waals surface area contributed by atoms with Crippen LogP contribution < -0.4 is 20.1 Å². The number of nitrogens with one attached hydrogen (secondary N) is 2. The van der Waals surface area contributed by atoms with E-state index < -0.39 is 17.6 Å². The van der Waals surface area contributed by atoms with Crippen LogP contribution in [-0.2, 0) is 12.6 Å². The number of rotatable bonds is 9. The Balaban J connectivity index is 1.53. The molecule has 1 aromatic heterocycles. The molecule has 1 aliphatic rings. The van der Waals surface area contributed by atoms with Gasteiger partial charge in [0.2, 0.25) is 11.8 Å². The highest BCUT2D eigenvalue weighted by atomic mass is 19.4. The number of hydrogen-bond acceptors (Lipinski definition) is 8. The number of piperidine rings is 1. The van der Waals surface area contributed by atoms with Gasteiger partial charge in [-0.05, 0) is 68.9 Å². The standard InChI is InChI=1S/C28H30F3N5O4/c1-17(37)14-18-4-7-21(8-5-18)40-26-22(28(29,30)31)16-32-27(35-26)34-23-9-6-19(15-24(23)39-3)25(38)33-20-10-12-36(2)13-11-20/h4-9,15-16,20,37H,1,10-14H2,2-3H3,(H,33,38)(H,32,34,35). The SMILES string of the molecule is C=C(O)Cc1ccc(Oc2nc(Nc3ccc(C(=O)NC4CCN(C)CC4)cc3OC)ncc2C(F)(F)F)cc1. The quantitative estimate of drug-likeness (QED) is 0.297. The summed E-state index contributed by atoms with van der Waals surface area (Å²) in [6.45, 7) is 5.23. The zero-order chi connectivity index (χ0) is 28.9. The number of allylic oxidation sites excluding steroid dienone is 1. The van der Waals surface area contributed by atoms with E-state index in [-0.39, 0.29) is 41.6 Å². The van der Waals surface area contributed by atoms with Crippen molar-refractivity contribution < 1.29 is 32.5 Å². The summed E-state index contributed by atoms with van der Waals surface area (Å²) in [7, 11) is 3.45. The first-order valence-corrected chi connectivity index (χ1v) is 12.5. The maximum absolute atomic E-state index is 13.7. The smallest absolute Gasteiger partial charge is 0.423 e. The van der Waals surface area contributed by atoms with Crippen molar-refractivity contribution >= 4 is 17.5 Å². The molecule has 0 radical (unpaired) electrons. The van der Waals surface area contributed by atoms with Crippen molar-refractivity contribution in [2.45, 2.75) is 31.5 Å². The molecule has 40 heavy (non-hydrogen) atoms. The minimum atomic E-state index is -4.76. The van der Waals surface area contributed by atoms with Crippen LogP contribution in [0.1, 0.15) is 34.3 Å². The summed E-state index contributed by atoms with van der Waals surface area (Å²) in [6.07, 6.45) is -2.21. The highest BCUT2D eigenvalue weighted by molar-refractivity contribution is 5.95. The molecular formula is C28H30F3N5O4. The first-order valence-electron chi connectivity index (χ1n) is 12.5. The highest BCUT2D eigenvalue weighted by Crippen LogP contribution is 2.38. The lowest BCUT2D eigenvalue weighted by molar-refractivity contribution is -0.139. The van der Waals surface area contributed by atoms with Crippen molar-refractivity contribution in [3.8, 4) is 17.4 Å². The molecule has 0 aliphatic carbocycles. The normalized spacial score (nSPS) is 14.4. The van der Waals surface area contributed by atoms with Gasteiger partial charge in [0, 0.05) is 24.2 Å². The molecule has 1 saturated heterocycles.